The van der Waals surface area contributed by atoms with E-state index in [1.165, 1.54) is 32.1 Å². The molecule has 1 aromatic rings. The molecule has 1 aromatic heterocycles. The molecule has 1 amide bonds. The minimum atomic E-state index is -0.0987. The first-order chi connectivity index (χ1) is 10.7. The SMILES string of the molecule is COC1(CNC(=O)Cc2cccs2)C2CC3CC(C2)CC1C3. The van der Waals surface area contributed by atoms with Crippen molar-refractivity contribution in [1.29, 1.82) is 0 Å². The van der Waals surface area contributed by atoms with E-state index in [0.717, 1.165) is 16.7 Å². The molecule has 0 aromatic carbocycles. The lowest BCUT2D eigenvalue weighted by molar-refractivity contribution is -0.188. The summed E-state index contributed by atoms with van der Waals surface area (Å²) >= 11 is 1.65. The fourth-order valence-corrected chi connectivity index (χ4v) is 6.25. The average molecular weight is 319 g/mol. The van der Waals surface area contributed by atoms with E-state index in [2.05, 4.69) is 5.32 Å². The molecular weight excluding hydrogens is 294 g/mol. The molecule has 0 aliphatic heterocycles. The molecule has 4 aliphatic rings. The highest BCUT2D eigenvalue weighted by molar-refractivity contribution is 7.10. The lowest BCUT2D eigenvalue weighted by atomic mass is 9.49. The van der Waals surface area contributed by atoms with E-state index in [1.54, 1.807) is 11.3 Å². The van der Waals surface area contributed by atoms with Gasteiger partial charge in [-0.1, -0.05) is 6.07 Å². The fourth-order valence-electron chi connectivity index (χ4n) is 5.55. The van der Waals surface area contributed by atoms with Crippen LogP contribution in [0.25, 0.3) is 0 Å². The maximum absolute atomic E-state index is 12.2. The number of rotatable bonds is 5. The van der Waals surface area contributed by atoms with Crippen LogP contribution >= 0.6 is 11.3 Å². The van der Waals surface area contributed by atoms with Crippen LogP contribution in [0.5, 0.6) is 0 Å². The van der Waals surface area contributed by atoms with Gasteiger partial charge in [-0.25, -0.2) is 0 Å². The van der Waals surface area contributed by atoms with Crippen molar-refractivity contribution in [3.63, 3.8) is 0 Å². The number of thiophene rings is 1. The van der Waals surface area contributed by atoms with Crippen LogP contribution in [0.3, 0.4) is 0 Å². The Morgan fingerprint density at radius 3 is 2.50 bits per heavy atom. The summed E-state index contributed by atoms with van der Waals surface area (Å²) in [7, 11) is 1.85. The number of amides is 1. The van der Waals surface area contributed by atoms with Crippen LogP contribution in [0.4, 0.5) is 0 Å². The van der Waals surface area contributed by atoms with Crippen molar-refractivity contribution >= 4 is 17.2 Å². The van der Waals surface area contributed by atoms with Crippen molar-refractivity contribution in [1.82, 2.24) is 5.32 Å². The first-order valence-electron chi connectivity index (χ1n) is 8.54. The van der Waals surface area contributed by atoms with Crippen molar-refractivity contribution in [3.8, 4) is 0 Å². The number of hydrogen-bond donors (Lipinski definition) is 1. The summed E-state index contributed by atoms with van der Waals surface area (Å²) in [6.07, 6.45) is 7.17. The topological polar surface area (TPSA) is 38.3 Å². The van der Waals surface area contributed by atoms with E-state index in [1.807, 2.05) is 24.6 Å². The van der Waals surface area contributed by atoms with Gasteiger partial charge in [-0.3, -0.25) is 4.79 Å². The Morgan fingerprint density at radius 2 is 1.95 bits per heavy atom. The highest BCUT2D eigenvalue weighted by atomic mass is 32.1. The number of carbonyl (C=O) groups excluding carboxylic acids is 1. The van der Waals surface area contributed by atoms with Crippen LogP contribution in [0.1, 0.15) is 37.0 Å². The molecule has 4 aliphatic carbocycles. The molecule has 0 saturated heterocycles. The number of nitrogens with one attached hydrogen (secondary N) is 1. The zero-order valence-electron chi connectivity index (χ0n) is 13.2. The molecular formula is C18H25NO2S. The maximum Gasteiger partial charge on any atom is 0.225 e. The molecule has 0 unspecified atom stereocenters. The predicted octanol–water partition coefficient (Wildman–Crippen LogP) is 3.25. The van der Waals surface area contributed by atoms with Gasteiger partial charge in [0.2, 0.25) is 5.91 Å². The molecule has 1 heterocycles. The second kappa shape index (κ2) is 5.64. The van der Waals surface area contributed by atoms with E-state index < -0.39 is 0 Å². The van der Waals surface area contributed by atoms with Gasteiger partial charge in [0, 0.05) is 18.5 Å². The Balaban J connectivity index is 1.42. The zero-order valence-corrected chi connectivity index (χ0v) is 14.0. The van der Waals surface area contributed by atoms with Gasteiger partial charge < -0.3 is 10.1 Å². The monoisotopic (exact) mass is 319 g/mol. The van der Waals surface area contributed by atoms with Gasteiger partial charge in [-0.2, -0.15) is 0 Å². The summed E-state index contributed by atoms with van der Waals surface area (Å²) < 4.78 is 6.09. The minimum Gasteiger partial charge on any atom is -0.376 e. The molecule has 3 nitrogen and oxygen atoms in total. The van der Waals surface area contributed by atoms with Crippen LogP contribution < -0.4 is 5.32 Å². The summed E-state index contributed by atoms with van der Waals surface area (Å²) in [4.78, 5) is 13.4. The van der Waals surface area contributed by atoms with E-state index in [9.17, 15) is 4.79 Å². The van der Waals surface area contributed by atoms with Gasteiger partial charge in [-0.05, 0) is 67.2 Å². The smallest absolute Gasteiger partial charge is 0.225 e. The summed E-state index contributed by atoms with van der Waals surface area (Å²) in [6.45, 7) is 0.697. The lowest BCUT2D eigenvalue weighted by Crippen LogP contribution is -2.63. The normalized spacial score (nSPS) is 39.1. The molecule has 5 rings (SSSR count). The van der Waals surface area contributed by atoms with Gasteiger partial charge in [-0.15, -0.1) is 11.3 Å². The first-order valence-corrected chi connectivity index (χ1v) is 9.42. The molecule has 120 valence electrons. The van der Waals surface area contributed by atoms with E-state index in [4.69, 9.17) is 4.74 Å². The molecule has 1 N–H and O–H groups in total. The highest BCUT2D eigenvalue weighted by Crippen LogP contribution is 2.59. The summed E-state index contributed by atoms with van der Waals surface area (Å²) in [5.74, 6) is 3.28. The second-order valence-corrected chi connectivity index (χ2v) is 8.53. The lowest BCUT2D eigenvalue weighted by Gasteiger charge is -2.60. The van der Waals surface area contributed by atoms with Gasteiger partial charge in [0.15, 0.2) is 0 Å². The summed E-state index contributed by atoms with van der Waals surface area (Å²) in [6, 6.07) is 4.03. The Labute approximate surface area is 136 Å². The Hall–Kier alpha value is -0.870. The van der Waals surface area contributed by atoms with Crippen molar-refractivity contribution in [2.75, 3.05) is 13.7 Å². The molecule has 4 fully saturated rings. The third kappa shape index (κ3) is 2.41. The van der Waals surface area contributed by atoms with Crippen molar-refractivity contribution in [2.45, 2.75) is 44.1 Å². The number of ether oxygens (including phenoxy) is 1. The van der Waals surface area contributed by atoms with Crippen LogP contribution in [-0.2, 0) is 16.0 Å². The van der Waals surface area contributed by atoms with E-state index in [0.29, 0.717) is 24.8 Å². The van der Waals surface area contributed by atoms with Crippen LogP contribution in [-0.4, -0.2) is 25.2 Å². The third-order valence-electron chi connectivity index (χ3n) is 6.38. The molecule has 0 spiro atoms. The molecule has 0 atom stereocenters. The van der Waals surface area contributed by atoms with Gasteiger partial charge in [0.25, 0.3) is 0 Å². The van der Waals surface area contributed by atoms with Crippen LogP contribution in [0.15, 0.2) is 17.5 Å². The Bertz CT molecular complexity index is 511. The van der Waals surface area contributed by atoms with E-state index in [-0.39, 0.29) is 11.5 Å². The number of hydrogen-bond acceptors (Lipinski definition) is 3. The van der Waals surface area contributed by atoms with E-state index >= 15 is 0 Å². The van der Waals surface area contributed by atoms with Crippen molar-refractivity contribution < 1.29 is 9.53 Å². The Morgan fingerprint density at radius 1 is 1.27 bits per heavy atom. The van der Waals surface area contributed by atoms with Crippen LogP contribution in [0.2, 0.25) is 0 Å². The quantitative estimate of drug-likeness (QED) is 0.905. The predicted molar refractivity (Wildman–Crippen MR) is 87.8 cm³/mol. The van der Waals surface area contributed by atoms with Gasteiger partial charge in [0.1, 0.15) is 0 Å². The van der Waals surface area contributed by atoms with Crippen molar-refractivity contribution in [3.05, 3.63) is 22.4 Å². The van der Waals surface area contributed by atoms with Gasteiger partial charge in [0.05, 0.1) is 12.0 Å². The largest absolute Gasteiger partial charge is 0.376 e. The fraction of sp³-hybridized carbons (Fsp3) is 0.722. The summed E-state index contributed by atoms with van der Waals surface area (Å²) in [5, 5.41) is 5.21. The number of carbonyl (C=O) groups is 1. The zero-order chi connectivity index (χ0) is 15.2. The highest BCUT2D eigenvalue weighted by Gasteiger charge is 2.57. The van der Waals surface area contributed by atoms with Crippen molar-refractivity contribution in [2.24, 2.45) is 23.7 Å². The average Bonchev–Trinajstić information content (AvgIpc) is 2.99. The van der Waals surface area contributed by atoms with Crippen LogP contribution in [0, 0.1) is 23.7 Å². The minimum absolute atomic E-state index is 0.0987. The summed E-state index contributed by atoms with van der Waals surface area (Å²) in [5.41, 5.74) is -0.0987. The second-order valence-electron chi connectivity index (χ2n) is 7.50. The molecule has 4 bridgehead atoms. The molecule has 0 radical (unpaired) electrons. The molecule has 4 saturated carbocycles. The van der Waals surface area contributed by atoms with Gasteiger partial charge >= 0.3 is 0 Å². The maximum atomic E-state index is 12.2. The Kier molecular flexibility index (Phi) is 3.77. The third-order valence-corrected chi connectivity index (χ3v) is 7.25. The molecule has 4 heteroatoms. The molecule has 22 heavy (non-hydrogen) atoms. The first kappa shape index (κ1) is 14.7. The standard InChI is InChI=1S/C18H25NO2S/c1-21-18(11-19-17(20)10-16-3-2-4-22-16)14-6-12-5-13(8-14)9-15(18)7-12/h2-4,12-15H,5-11H2,1H3,(H,19,20). The number of methoxy groups -OCH3 is 1.